The zero-order chi connectivity index (χ0) is 16.2. The van der Waals surface area contributed by atoms with E-state index in [2.05, 4.69) is 20.9 Å². The molecule has 1 fully saturated rings. The van der Waals surface area contributed by atoms with Gasteiger partial charge in [0.15, 0.2) is 0 Å². The quantitative estimate of drug-likeness (QED) is 0.851. The molecule has 0 amide bonds. The Balaban J connectivity index is 1.63. The minimum absolute atomic E-state index is 0.627. The number of piperazine rings is 1. The van der Waals surface area contributed by atoms with Gasteiger partial charge in [-0.25, -0.2) is 4.98 Å². The van der Waals surface area contributed by atoms with E-state index >= 15 is 0 Å². The van der Waals surface area contributed by atoms with Gasteiger partial charge < -0.3 is 4.90 Å². The van der Waals surface area contributed by atoms with E-state index in [1.165, 1.54) is 0 Å². The van der Waals surface area contributed by atoms with Crippen LogP contribution in [0.3, 0.4) is 0 Å². The van der Waals surface area contributed by atoms with E-state index in [4.69, 9.17) is 23.2 Å². The molecule has 6 heteroatoms. The Morgan fingerprint density at radius 1 is 1.13 bits per heavy atom. The highest BCUT2D eigenvalue weighted by Crippen LogP contribution is 2.23. The molecule has 0 N–H and O–H groups in total. The average molecular weight is 347 g/mol. The zero-order valence-electron chi connectivity index (χ0n) is 12.5. The first-order chi connectivity index (χ1) is 11.2. The average Bonchev–Trinajstić information content (AvgIpc) is 2.58. The number of pyridine rings is 1. The van der Waals surface area contributed by atoms with Gasteiger partial charge in [-0.05, 0) is 29.8 Å². The number of benzene rings is 1. The van der Waals surface area contributed by atoms with Gasteiger partial charge in [-0.1, -0.05) is 29.3 Å². The molecule has 0 atom stereocenters. The normalized spacial score (nSPS) is 15.4. The molecule has 1 saturated heterocycles. The van der Waals surface area contributed by atoms with Crippen LogP contribution in [-0.4, -0.2) is 36.1 Å². The highest BCUT2D eigenvalue weighted by molar-refractivity contribution is 6.35. The molecule has 1 aliphatic heterocycles. The van der Waals surface area contributed by atoms with Crippen LogP contribution in [0.25, 0.3) is 0 Å². The largest absolute Gasteiger partial charge is 0.353 e. The van der Waals surface area contributed by atoms with Crippen molar-refractivity contribution >= 4 is 29.0 Å². The fourth-order valence-corrected chi connectivity index (χ4v) is 3.21. The minimum atomic E-state index is 0.627. The second-order valence-corrected chi connectivity index (χ2v) is 6.33. The Bertz CT molecular complexity index is 734. The summed E-state index contributed by atoms with van der Waals surface area (Å²) in [5, 5.41) is 10.6. The molecule has 0 spiro atoms. The van der Waals surface area contributed by atoms with Crippen molar-refractivity contribution in [3.05, 3.63) is 57.7 Å². The lowest BCUT2D eigenvalue weighted by molar-refractivity contribution is 0.249. The maximum absolute atomic E-state index is 9.20. The molecule has 0 bridgehead atoms. The van der Waals surface area contributed by atoms with Gasteiger partial charge in [0.25, 0.3) is 0 Å². The predicted octanol–water partition coefficient (Wildman–Crippen LogP) is 3.58. The number of nitriles is 1. The van der Waals surface area contributed by atoms with E-state index in [1.54, 1.807) is 18.3 Å². The highest BCUT2D eigenvalue weighted by Gasteiger charge is 2.20. The molecule has 118 valence electrons. The van der Waals surface area contributed by atoms with Crippen molar-refractivity contribution in [3.8, 4) is 6.07 Å². The van der Waals surface area contributed by atoms with Crippen LogP contribution < -0.4 is 4.90 Å². The van der Waals surface area contributed by atoms with Crippen LogP contribution in [0, 0.1) is 11.3 Å². The molecule has 0 saturated carbocycles. The van der Waals surface area contributed by atoms with E-state index in [0.29, 0.717) is 15.6 Å². The number of anilines is 1. The summed E-state index contributed by atoms with van der Waals surface area (Å²) in [5.41, 5.74) is 1.71. The van der Waals surface area contributed by atoms with Crippen LogP contribution in [0.15, 0.2) is 36.5 Å². The number of rotatable bonds is 3. The molecule has 3 rings (SSSR count). The van der Waals surface area contributed by atoms with Crippen LogP contribution in [0.4, 0.5) is 5.82 Å². The Kier molecular flexibility index (Phi) is 5.02. The molecule has 0 unspecified atom stereocenters. The molecule has 1 aromatic heterocycles. The molecule has 1 aromatic carbocycles. The third-order valence-corrected chi connectivity index (χ3v) is 4.57. The summed E-state index contributed by atoms with van der Waals surface area (Å²) in [4.78, 5) is 8.87. The molecular weight excluding hydrogens is 331 g/mol. The Morgan fingerprint density at radius 3 is 2.61 bits per heavy atom. The fraction of sp³-hybridized carbons (Fsp3) is 0.294. The zero-order valence-corrected chi connectivity index (χ0v) is 14.1. The summed E-state index contributed by atoms with van der Waals surface area (Å²) < 4.78 is 0. The summed E-state index contributed by atoms with van der Waals surface area (Å²) in [7, 11) is 0. The first-order valence-corrected chi connectivity index (χ1v) is 8.19. The molecule has 1 aliphatic rings. The van der Waals surface area contributed by atoms with Gasteiger partial charge in [-0.15, -0.1) is 0 Å². The van der Waals surface area contributed by atoms with Gasteiger partial charge in [0, 0.05) is 49.0 Å². The smallest absolute Gasteiger partial charge is 0.146 e. The van der Waals surface area contributed by atoms with E-state index < -0.39 is 0 Å². The molecule has 2 aromatic rings. The lowest BCUT2D eigenvalue weighted by atomic mass is 10.2. The van der Waals surface area contributed by atoms with Crippen LogP contribution in [-0.2, 0) is 6.54 Å². The number of halogens is 2. The van der Waals surface area contributed by atoms with Crippen LogP contribution in [0.2, 0.25) is 10.0 Å². The monoisotopic (exact) mass is 346 g/mol. The fourth-order valence-electron chi connectivity index (χ4n) is 2.74. The van der Waals surface area contributed by atoms with Crippen molar-refractivity contribution in [3.63, 3.8) is 0 Å². The van der Waals surface area contributed by atoms with Crippen molar-refractivity contribution in [2.45, 2.75) is 6.54 Å². The summed E-state index contributed by atoms with van der Waals surface area (Å²) in [5.74, 6) is 0.777. The summed E-state index contributed by atoms with van der Waals surface area (Å²) >= 11 is 12.2. The predicted molar refractivity (Wildman–Crippen MR) is 92.9 cm³/mol. The van der Waals surface area contributed by atoms with E-state index in [9.17, 15) is 5.26 Å². The lowest BCUT2D eigenvalue weighted by Gasteiger charge is -2.35. The molecular formula is C17H16Cl2N4. The lowest BCUT2D eigenvalue weighted by Crippen LogP contribution is -2.46. The number of aromatic nitrogens is 1. The first-order valence-electron chi connectivity index (χ1n) is 7.44. The topological polar surface area (TPSA) is 43.2 Å². The Hall–Kier alpha value is -1.80. The van der Waals surface area contributed by atoms with Crippen molar-refractivity contribution in [1.82, 2.24) is 9.88 Å². The van der Waals surface area contributed by atoms with Crippen molar-refractivity contribution in [1.29, 1.82) is 5.26 Å². The number of nitrogens with zero attached hydrogens (tertiary/aromatic N) is 4. The standard InChI is InChI=1S/C17H16Cl2N4/c18-15-4-3-14(16(19)10-15)12-22-6-8-23(9-7-22)17-13(11-20)2-1-5-21-17/h1-5,10H,6-9,12H2. The molecule has 23 heavy (non-hydrogen) atoms. The van der Waals surface area contributed by atoms with Gasteiger partial charge in [0.1, 0.15) is 11.9 Å². The molecule has 2 heterocycles. The van der Waals surface area contributed by atoms with Crippen LogP contribution in [0.1, 0.15) is 11.1 Å². The van der Waals surface area contributed by atoms with Crippen molar-refractivity contribution < 1.29 is 0 Å². The molecule has 0 aliphatic carbocycles. The van der Waals surface area contributed by atoms with E-state index in [-0.39, 0.29) is 0 Å². The van der Waals surface area contributed by atoms with Crippen molar-refractivity contribution in [2.24, 2.45) is 0 Å². The highest BCUT2D eigenvalue weighted by atomic mass is 35.5. The maximum Gasteiger partial charge on any atom is 0.146 e. The van der Waals surface area contributed by atoms with Crippen LogP contribution >= 0.6 is 23.2 Å². The van der Waals surface area contributed by atoms with Gasteiger partial charge in [-0.3, -0.25) is 4.90 Å². The maximum atomic E-state index is 9.20. The molecule has 0 radical (unpaired) electrons. The SMILES string of the molecule is N#Cc1cccnc1N1CCN(Cc2ccc(Cl)cc2Cl)CC1. The first kappa shape index (κ1) is 16.1. The Morgan fingerprint density at radius 2 is 1.91 bits per heavy atom. The summed E-state index contributed by atoms with van der Waals surface area (Å²) in [6, 6.07) is 11.4. The van der Waals surface area contributed by atoms with Gasteiger partial charge in [-0.2, -0.15) is 5.26 Å². The van der Waals surface area contributed by atoms with Crippen molar-refractivity contribution in [2.75, 3.05) is 31.1 Å². The van der Waals surface area contributed by atoms with Gasteiger partial charge in [0.05, 0.1) is 5.56 Å². The third kappa shape index (κ3) is 3.76. The van der Waals surface area contributed by atoms with Gasteiger partial charge in [0.2, 0.25) is 0 Å². The number of hydrogen-bond acceptors (Lipinski definition) is 4. The minimum Gasteiger partial charge on any atom is -0.353 e. The van der Waals surface area contributed by atoms with E-state index in [1.807, 2.05) is 18.2 Å². The van der Waals surface area contributed by atoms with E-state index in [0.717, 1.165) is 44.1 Å². The van der Waals surface area contributed by atoms with Crippen LogP contribution in [0.5, 0.6) is 0 Å². The number of hydrogen-bond donors (Lipinski definition) is 0. The Labute approximate surface area is 145 Å². The molecule has 4 nitrogen and oxygen atoms in total. The third-order valence-electron chi connectivity index (χ3n) is 3.99. The second-order valence-electron chi connectivity index (χ2n) is 5.49. The summed E-state index contributed by atoms with van der Waals surface area (Å²) in [6.07, 6.45) is 1.73. The second kappa shape index (κ2) is 7.18. The summed E-state index contributed by atoms with van der Waals surface area (Å²) in [6.45, 7) is 4.30. The van der Waals surface area contributed by atoms with Gasteiger partial charge >= 0.3 is 0 Å².